The normalized spacial score (nSPS) is 12.4. The Morgan fingerprint density at radius 1 is 1.21 bits per heavy atom. The Morgan fingerprint density at radius 2 is 1.74 bits per heavy atom. The van der Waals surface area contributed by atoms with Gasteiger partial charge < -0.3 is 15.5 Å². The van der Waals surface area contributed by atoms with Crippen molar-refractivity contribution in [3.63, 3.8) is 0 Å². The van der Waals surface area contributed by atoms with Gasteiger partial charge in [-0.2, -0.15) is 0 Å². The van der Waals surface area contributed by atoms with Crippen LogP contribution in [0.1, 0.15) is 38.1 Å². The number of phenolic OH excluding ortho intramolecular Hbond substituents is 1. The summed E-state index contributed by atoms with van der Waals surface area (Å²) in [6.07, 6.45) is 0. The molecule has 4 nitrogen and oxygen atoms in total. The Kier molecular flexibility index (Phi) is 5.11. The molecule has 19 heavy (non-hydrogen) atoms. The number of phenols is 1. The monoisotopic (exact) mass is 489 g/mol. The minimum atomic E-state index is -1.08. The number of halogens is 2. The number of carbonyl (C=O) groups is 1. The molecule has 0 unspecified atom stereocenters. The van der Waals surface area contributed by atoms with Crippen molar-refractivity contribution in [1.82, 2.24) is 5.32 Å². The second kappa shape index (κ2) is 5.72. The predicted octanol–water partition coefficient (Wildman–Crippen LogP) is 2.88. The van der Waals surface area contributed by atoms with Crippen LogP contribution >= 0.6 is 45.2 Å². The average Bonchev–Trinajstić information content (AvgIpc) is 2.20. The summed E-state index contributed by atoms with van der Waals surface area (Å²) in [6.45, 7) is 6.74. The van der Waals surface area contributed by atoms with Gasteiger partial charge in [0.2, 0.25) is 0 Å². The fourth-order valence-corrected chi connectivity index (χ4v) is 3.09. The van der Waals surface area contributed by atoms with E-state index in [0.29, 0.717) is 3.57 Å². The molecule has 0 bridgehead atoms. The third-order valence-corrected chi connectivity index (χ3v) is 4.67. The molecular weight excluding hydrogens is 472 g/mol. The number of hydrogen-bond donors (Lipinski definition) is 3. The highest BCUT2D eigenvalue weighted by atomic mass is 127. The Bertz CT molecular complexity index is 507. The van der Waals surface area contributed by atoms with Gasteiger partial charge in [0, 0.05) is 3.57 Å². The maximum absolute atomic E-state index is 12.2. The van der Waals surface area contributed by atoms with Gasteiger partial charge in [0.25, 0.3) is 5.91 Å². The lowest BCUT2D eigenvalue weighted by Gasteiger charge is -2.38. The Balaban J connectivity index is 3.10. The minimum absolute atomic E-state index is 0.0370. The molecule has 0 heterocycles. The number of aromatic hydroxyl groups is 1. The second-order valence-corrected chi connectivity index (χ2v) is 7.83. The van der Waals surface area contributed by atoms with E-state index in [0.717, 1.165) is 3.57 Å². The van der Waals surface area contributed by atoms with E-state index in [1.54, 1.807) is 39.8 Å². The molecule has 0 aromatic heterocycles. The summed E-state index contributed by atoms with van der Waals surface area (Å²) in [5.41, 5.74) is -1.68. The lowest BCUT2D eigenvalue weighted by molar-refractivity contribution is -0.00298. The molecule has 1 amide bonds. The molecule has 0 spiro atoms. The van der Waals surface area contributed by atoms with Crippen molar-refractivity contribution in [3.8, 4) is 5.75 Å². The van der Waals surface area contributed by atoms with Crippen molar-refractivity contribution >= 4 is 51.1 Å². The van der Waals surface area contributed by atoms with E-state index in [2.05, 4.69) is 27.9 Å². The van der Waals surface area contributed by atoms with E-state index in [1.165, 1.54) is 0 Å². The smallest absolute Gasteiger partial charge is 0.255 e. The van der Waals surface area contributed by atoms with Gasteiger partial charge in [-0.05, 0) is 85.0 Å². The zero-order chi connectivity index (χ0) is 15.0. The molecule has 3 N–H and O–H groups in total. The first-order chi connectivity index (χ1) is 8.45. The quantitative estimate of drug-likeness (QED) is 0.573. The summed E-state index contributed by atoms with van der Waals surface area (Å²) in [5.74, 6) is -0.439. The van der Waals surface area contributed by atoms with Gasteiger partial charge >= 0.3 is 0 Å². The molecular formula is C13H17I2NO3. The number of carbonyl (C=O) groups excluding carboxylic acids is 1. The van der Waals surface area contributed by atoms with Crippen LogP contribution in [-0.2, 0) is 0 Å². The van der Waals surface area contributed by atoms with Crippen molar-refractivity contribution in [1.29, 1.82) is 0 Å². The lowest BCUT2D eigenvalue weighted by Crippen LogP contribution is -2.57. The van der Waals surface area contributed by atoms with Crippen LogP contribution in [0, 0.1) is 7.14 Å². The van der Waals surface area contributed by atoms with Crippen LogP contribution in [0.3, 0.4) is 0 Å². The van der Waals surface area contributed by atoms with Crippen molar-refractivity contribution in [2.45, 2.75) is 38.8 Å². The van der Waals surface area contributed by atoms with Gasteiger partial charge in [-0.25, -0.2) is 0 Å². The van der Waals surface area contributed by atoms with Crippen LogP contribution < -0.4 is 5.32 Å². The molecule has 1 aromatic carbocycles. The summed E-state index contributed by atoms with van der Waals surface area (Å²) >= 11 is 4.07. The molecule has 1 aromatic rings. The van der Waals surface area contributed by atoms with Crippen LogP contribution in [0.15, 0.2) is 12.1 Å². The Morgan fingerprint density at radius 3 is 2.21 bits per heavy atom. The molecule has 1 rings (SSSR count). The first kappa shape index (κ1) is 17.0. The molecule has 0 fully saturated rings. The van der Waals surface area contributed by atoms with Crippen LogP contribution in [0.5, 0.6) is 5.75 Å². The van der Waals surface area contributed by atoms with Crippen molar-refractivity contribution in [3.05, 3.63) is 24.8 Å². The second-order valence-electron chi connectivity index (χ2n) is 5.42. The standard InChI is InChI=1S/C13H17I2NO3/c1-12(2,13(3,4)19)16-11(18)8-5-7(14)6-9(15)10(8)17/h5-6,17,19H,1-4H3,(H,16,18). The van der Waals surface area contributed by atoms with Gasteiger partial charge in [0.05, 0.1) is 20.3 Å². The topological polar surface area (TPSA) is 69.6 Å². The molecule has 0 saturated carbocycles. The maximum Gasteiger partial charge on any atom is 0.255 e. The highest BCUT2D eigenvalue weighted by molar-refractivity contribution is 14.1. The van der Waals surface area contributed by atoms with Crippen LogP contribution in [-0.4, -0.2) is 27.3 Å². The Hall–Kier alpha value is -0.0900. The fraction of sp³-hybridized carbons (Fsp3) is 0.462. The average molecular weight is 489 g/mol. The van der Waals surface area contributed by atoms with E-state index in [4.69, 9.17) is 0 Å². The van der Waals surface area contributed by atoms with Crippen molar-refractivity contribution in [2.75, 3.05) is 0 Å². The number of rotatable bonds is 3. The third-order valence-electron chi connectivity index (χ3n) is 3.23. The summed E-state index contributed by atoms with van der Waals surface area (Å²) in [6, 6.07) is 3.40. The first-order valence-corrected chi connectivity index (χ1v) is 7.84. The van der Waals surface area contributed by atoms with Gasteiger partial charge in [-0.3, -0.25) is 4.79 Å². The van der Waals surface area contributed by atoms with Crippen LogP contribution in [0.25, 0.3) is 0 Å². The van der Waals surface area contributed by atoms with E-state index in [1.807, 2.05) is 22.6 Å². The maximum atomic E-state index is 12.2. The van der Waals surface area contributed by atoms with Gasteiger partial charge in [-0.15, -0.1) is 0 Å². The zero-order valence-electron chi connectivity index (χ0n) is 11.2. The number of amides is 1. The molecule has 0 aliphatic carbocycles. The SMILES string of the molecule is CC(C)(O)C(C)(C)NC(=O)c1cc(I)cc(I)c1O. The van der Waals surface area contributed by atoms with E-state index < -0.39 is 17.0 Å². The predicted molar refractivity (Wildman–Crippen MR) is 91.4 cm³/mol. The largest absolute Gasteiger partial charge is 0.506 e. The summed E-state index contributed by atoms with van der Waals surface area (Å²) in [5, 5.41) is 22.7. The molecule has 0 radical (unpaired) electrons. The molecule has 106 valence electrons. The van der Waals surface area contributed by atoms with Gasteiger partial charge in [0.15, 0.2) is 0 Å². The zero-order valence-corrected chi connectivity index (χ0v) is 15.5. The molecule has 0 aliphatic heterocycles. The third kappa shape index (κ3) is 3.94. The molecule has 0 atom stereocenters. The minimum Gasteiger partial charge on any atom is -0.506 e. The van der Waals surface area contributed by atoms with Gasteiger partial charge in [-0.1, -0.05) is 0 Å². The summed E-state index contributed by atoms with van der Waals surface area (Å²) in [7, 11) is 0. The highest BCUT2D eigenvalue weighted by Crippen LogP contribution is 2.28. The van der Waals surface area contributed by atoms with E-state index in [-0.39, 0.29) is 11.3 Å². The number of aliphatic hydroxyl groups is 1. The number of benzene rings is 1. The van der Waals surface area contributed by atoms with Gasteiger partial charge in [0.1, 0.15) is 5.75 Å². The van der Waals surface area contributed by atoms with Crippen molar-refractivity contribution in [2.24, 2.45) is 0 Å². The van der Waals surface area contributed by atoms with E-state index >= 15 is 0 Å². The molecule has 6 heteroatoms. The van der Waals surface area contributed by atoms with E-state index in [9.17, 15) is 15.0 Å². The Labute approximate surface area is 140 Å². The lowest BCUT2D eigenvalue weighted by atomic mass is 9.85. The number of nitrogens with one attached hydrogen (secondary N) is 1. The summed E-state index contributed by atoms with van der Waals surface area (Å²) in [4.78, 5) is 12.2. The van der Waals surface area contributed by atoms with Crippen LogP contribution in [0.2, 0.25) is 0 Å². The fourth-order valence-electron chi connectivity index (χ4n) is 1.24. The first-order valence-electron chi connectivity index (χ1n) is 5.68. The van der Waals surface area contributed by atoms with Crippen molar-refractivity contribution < 1.29 is 15.0 Å². The number of hydrogen-bond acceptors (Lipinski definition) is 3. The van der Waals surface area contributed by atoms with Crippen LogP contribution in [0.4, 0.5) is 0 Å². The molecule has 0 saturated heterocycles. The summed E-state index contributed by atoms with van der Waals surface area (Å²) < 4.78 is 1.49. The molecule has 0 aliphatic rings. The highest BCUT2D eigenvalue weighted by Gasteiger charge is 2.37.